The fourth-order valence-corrected chi connectivity index (χ4v) is 2.11. The Morgan fingerprint density at radius 3 is 2.47 bits per heavy atom. The van der Waals surface area contributed by atoms with Gasteiger partial charge in [0.05, 0.1) is 0 Å². The number of para-hydroxylation sites is 1. The van der Waals surface area contributed by atoms with Gasteiger partial charge in [-0.3, -0.25) is 0 Å². The van der Waals surface area contributed by atoms with Gasteiger partial charge in [-0.05, 0) is 23.6 Å². The lowest BCUT2D eigenvalue weighted by Gasteiger charge is -2.09. The van der Waals surface area contributed by atoms with E-state index in [4.69, 9.17) is 0 Å². The summed E-state index contributed by atoms with van der Waals surface area (Å²) in [7, 11) is 0. The van der Waals surface area contributed by atoms with Crippen LogP contribution in [0.4, 0.5) is 5.69 Å². The molecule has 0 saturated carbocycles. The smallest absolute Gasteiger partial charge is 0.0375 e. The van der Waals surface area contributed by atoms with E-state index in [0.29, 0.717) is 0 Å². The van der Waals surface area contributed by atoms with Gasteiger partial charge in [-0.2, -0.15) is 0 Å². The van der Waals surface area contributed by atoms with Crippen LogP contribution in [-0.2, 0) is 6.42 Å². The lowest BCUT2D eigenvalue weighted by atomic mass is 10.1. The summed E-state index contributed by atoms with van der Waals surface area (Å²) in [5.41, 5.74) is 3.89. The van der Waals surface area contributed by atoms with Gasteiger partial charge in [0, 0.05) is 12.2 Å². The van der Waals surface area contributed by atoms with Crippen LogP contribution in [0.25, 0.3) is 6.08 Å². The van der Waals surface area contributed by atoms with Gasteiger partial charge < -0.3 is 5.32 Å². The van der Waals surface area contributed by atoms with Crippen molar-refractivity contribution in [1.82, 2.24) is 0 Å². The van der Waals surface area contributed by atoms with Crippen molar-refractivity contribution in [2.24, 2.45) is 0 Å². The molecular weight excluding hydrogens is 230 g/mol. The van der Waals surface area contributed by atoms with Gasteiger partial charge in [-0.1, -0.05) is 74.0 Å². The number of anilines is 1. The molecule has 2 aromatic rings. The van der Waals surface area contributed by atoms with E-state index >= 15 is 0 Å². The lowest BCUT2D eigenvalue weighted by molar-refractivity contribution is 0.922. The molecule has 0 aliphatic carbocycles. The number of rotatable bonds is 6. The highest BCUT2D eigenvalue weighted by molar-refractivity contribution is 5.54. The van der Waals surface area contributed by atoms with Gasteiger partial charge in [0.2, 0.25) is 0 Å². The van der Waals surface area contributed by atoms with Crippen LogP contribution >= 0.6 is 0 Å². The largest absolute Gasteiger partial charge is 0.381 e. The molecule has 98 valence electrons. The Bertz CT molecular complexity index is 514. The minimum absolute atomic E-state index is 0.857. The van der Waals surface area contributed by atoms with Crippen LogP contribution in [0.2, 0.25) is 0 Å². The molecule has 2 aromatic carbocycles. The molecule has 0 aliphatic heterocycles. The molecular formula is C18H21N. The van der Waals surface area contributed by atoms with Gasteiger partial charge in [0.15, 0.2) is 0 Å². The highest BCUT2D eigenvalue weighted by atomic mass is 14.9. The van der Waals surface area contributed by atoms with E-state index in [2.05, 4.69) is 72.9 Å². The zero-order valence-electron chi connectivity index (χ0n) is 11.5. The molecule has 1 heteroatoms. The maximum Gasteiger partial charge on any atom is 0.0375 e. The highest BCUT2D eigenvalue weighted by Crippen LogP contribution is 2.16. The van der Waals surface area contributed by atoms with Crippen LogP contribution in [0.3, 0.4) is 0 Å². The molecule has 0 aromatic heterocycles. The molecule has 0 aliphatic rings. The second kappa shape index (κ2) is 7.42. The highest BCUT2D eigenvalue weighted by Gasteiger charge is 1.98. The van der Waals surface area contributed by atoms with E-state index in [-0.39, 0.29) is 0 Å². The van der Waals surface area contributed by atoms with E-state index in [1.165, 1.54) is 23.2 Å². The Hall–Kier alpha value is -2.02. The van der Waals surface area contributed by atoms with Gasteiger partial charge in [-0.15, -0.1) is 0 Å². The average molecular weight is 251 g/mol. The third kappa shape index (κ3) is 4.29. The fraction of sp³-hybridized carbons (Fsp3) is 0.222. The number of nitrogens with one attached hydrogen (secondary N) is 1. The van der Waals surface area contributed by atoms with E-state index in [0.717, 1.165) is 13.0 Å². The average Bonchev–Trinajstić information content (AvgIpc) is 2.47. The Labute approximate surface area is 116 Å². The topological polar surface area (TPSA) is 12.0 Å². The molecule has 2 rings (SSSR count). The summed E-state index contributed by atoms with van der Waals surface area (Å²) in [5, 5.41) is 3.48. The molecule has 1 nitrogen and oxygen atoms in total. The summed E-state index contributed by atoms with van der Waals surface area (Å²) in [6.45, 7) is 3.07. The minimum Gasteiger partial charge on any atom is -0.381 e. The number of aryl methyl sites for hydroxylation is 1. The molecule has 0 amide bonds. The first-order valence-corrected chi connectivity index (χ1v) is 6.93. The number of benzene rings is 2. The summed E-state index contributed by atoms with van der Waals surface area (Å²) in [4.78, 5) is 0. The maximum atomic E-state index is 3.48. The molecule has 0 saturated heterocycles. The van der Waals surface area contributed by atoms with Gasteiger partial charge in [0.25, 0.3) is 0 Å². The van der Waals surface area contributed by atoms with Crippen molar-refractivity contribution in [2.45, 2.75) is 19.8 Å². The third-order valence-corrected chi connectivity index (χ3v) is 3.06. The first-order chi connectivity index (χ1) is 9.40. The number of hydrogen-bond donors (Lipinski definition) is 1. The number of hydrogen-bond acceptors (Lipinski definition) is 1. The van der Waals surface area contributed by atoms with E-state index < -0.39 is 0 Å². The summed E-state index contributed by atoms with van der Waals surface area (Å²) in [6, 6.07) is 18.9. The second-order valence-electron chi connectivity index (χ2n) is 4.60. The SMILES string of the molecule is CCCc1ccccc1NCC=Cc1ccccc1. The van der Waals surface area contributed by atoms with Crippen molar-refractivity contribution >= 4 is 11.8 Å². The first kappa shape index (κ1) is 13.4. The minimum atomic E-state index is 0.857. The molecule has 0 unspecified atom stereocenters. The van der Waals surface area contributed by atoms with Crippen molar-refractivity contribution in [2.75, 3.05) is 11.9 Å². The van der Waals surface area contributed by atoms with Crippen LogP contribution in [0.1, 0.15) is 24.5 Å². The molecule has 0 heterocycles. The van der Waals surface area contributed by atoms with Crippen molar-refractivity contribution in [3.63, 3.8) is 0 Å². The first-order valence-electron chi connectivity index (χ1n) is 6.93. The van der Waals surface area contributed by atoms with Crippen LogP contribution in [0.5, 0.6) is 0 Å². The predicted molar refractivity (Wildman–Crippen MR) is 84.4 cm³/mol. The Balaban J connectivity index is 1.91. The fourth-order valence-electron chi connectivity index (χ4n) is 2.11. The monoisotopic (exact) mass is 251 g/mol. The normalized spacial score (nSPS) is 10.8. The van der Waals surface area contributed by atoms with Crippen LogP contribution in [0, 0.1) is 0 Å². The quantitative estimate of drug-likeness (QED) is 0.780. The second-order valence-corrected chi connectivity index (χ2v) is 4.60. The molecule has 0 spiro atoms. The van der Waals surface area contributed by atoms with Crippen molar-refractivity contribution in [1.29, 1.82) is 0 Å². The zero-order valence-corrected chi connectivity index (χ0v) is 11.5. The van der Waals surface area contributed by atoms with Gasteiger partial charge in [0.1, 0.15) is 0 Å². The summed E-state index contributed by atoms with van der Waals surface area (Å²) >= 11 is 0. The molecule has 1 N–H and O–H groups in total. The standard InChI is InChI=1S/C18H21N/c1-2-9-17-13-6-7-14-18(17)19-15-8-12-16-10-4-3-5-11-16/h3-8,10-14,19H,2,9,15H2,1H3. The van der Waals surface area contributed by atoms with Crippen molar-refractivity contribution < 1.29 is 0 Å². The lowest BCUT2D eigenvalue weighted by Crippen LogP contribution is -2.01. The summed E-state index contributed by atoms with van der Waals surface area (Å²) < 4.78 is 0. The van der Waals surface area contributed by atoms with E-state index in [1.54, 1.807) is 0 Å². The van der Waals surface area contributed by atoms with Gasteiger partial charge >= 0.3 is 0 Å². The van der Waals surface area contributed by atoms with Crippen LogP contribution in [0.15, 0.2) is 60.7 Å². The summed E-state index contributed by atoms with van der Waals surface area (Å²) in [6.07, 6.45) is 6.62. The zero-order chi connectivity index (χ0) is 13.3. The molecule has 0 fully saturated rings. The molecule has 0 radical (unpaired) electrons. The molecule has 19 heavy (non-hydrogen) atoms. The van der Waals surface area contributed by atoms with Gasteiger partial charge in [-0.25, -0.2) is 0 Å². The Kier molecular flexibility index (Phi) is 5.24. The van der Waals surface area contributed by atoms with Crippen LogP contribution in [-0.4, -0.2) is 6.54 Å². The van der Waals surface area contributed by atoms with Crippen molar-refractivity contribution in [3.05, 3.63) is 71.8 Å². The van der Waals surface area contributed by atoms with Crippen molar-refractivity contribution in [3.8, 4) is 0 Å². The maximum absolute atomic E-state index is 3.48. The Morgan fingerprint density at radius 2 is 1.68 bits per heavy atom. The third-order valence-electron chi connectivity index (χ3n) is 3.06. The van der Waals surface area contributed by atoms with Crippen LogP contribution < -0.4 is 5.32 Å². The molecule has 0 bridgehead atoms. The molecule has 0 atom stereocenters. The van der Waals surface area contributed by atoms with E-state index in [1.807, 2.05) is 6.07 Å². The Morgan fingerprint density at radius 1 is 0.947 bits per heavy atom. The van der Waals surface area contributed by atoms with E-state index in [9.17, 15) is 0 Å². The predicted octanol–water partition coefficient (Wildman–Crippen LogP) is 4.76. The summed E-state index contributed by atoms with van der Waals surface area (Å²) in [5.74, 6) is 0.